The predicted octanol–water partition coefficient (Wildman–Crippen LogP) is 3.49. The van der Waals surface area contributed by atoms with Crippen molar-refractivity contribution in [2.24, 2.45) is 0 Å². The lowest BCUT2D eigenvalue weighted by atomic mass is 10.0. The molecule has 1 aromatic rings. The van der Waals surface area contributed by atoms with Gasteiger partial charge in [-0.1, -0.05) is 17.7 Å². The lowest BCUT2D eigenvalue weighted by Crippen LogP contribution is -1.99. The third-order valence-corrected chi connectivity index (χ3v) is 2.55. The average Bonchev–Trinajstić information content (AvgIpc) is 2.22. The normalized spacial score (nSPS) is 11.7. The fourth-order valence-electron chi connectivity index (χ4n) is 1.46. The van der Waals surface area contributed by atoms with Crippen LogP contribution in [0.3, 0.4) is 0 Å². The van der Waals surface area contributed by atoms with Gasteiger partial charge in [0.2, 0.25) is 0 Å². The van der Waals surface area contributed by atoms with E-state index in [4.69, 9.17) is 11.6 Å². The molecule has 1 unspecified atom stereocenters. The van der Waals surface area contributed by atoms with E-state index in [2.05, 4.69) is 11.8 Å². The number of benzene rings is 1. The Morgan fingerprint density at radius 3 is 2.87 bits per heavy atom. The fourth-order valence-corrected chi connectivity index (χ4v) is 1.64. The third-order valence-electron chi connectivity index (χ3n) is 2.32. The summed E-state index contributed by atoms with van der Waals surface area (Å²) < 4.78 is 0. The summed E-state index contributed by atoms with van der Waals surface area (Å²) in [6.07, 6.45) is 0.899. The Morgan fingerprint density at radius 1 is 1.47 bits per heavy atom. The number of rotatable bonds is 3. The van der Waals surface area contributed by atoms with Gasteiger partial charge in [0.1, 0.15) is 0 Å². The van der Waals surface area contributed by atoms with E-state index in [0.29, 0.717) is 17.9 Å². The molecular formula is C13H15ClO. The molecule has 0 aliphatic carbocycles. The Bertz CT molecular complexity index is 387. The number of hydrogen-bond acceptors (Lipinski definition) is 1. The third kappa shape index (κ3) is 3.58. The van der Waals surface area contributed by atoms with Gasteiger partial charge in [0.05, 0.1) is 6.10 Å². The largest absolute Gasteiger partial charge is 0.388 e. The van der Waals surface area contributed by atoms with E-state index >= 15 is 0 Å². The van der Waals surface area contributed by atoms with Crippen LogP contribution in [0, 0.1) is 18.8 Å². The molecule has 0 bridgehead atoms. The molecule has 2 heteroatoms. The topological polar surface area (TPSA) is 20.2 Å². The molecule has 0 aliphatic heterocycles. The second kappa shape index (κ2) is 5.80. The van der Waals surface area contributed by atoms with Gasteiger partial charge in [-0.05, 0) is 43.5 Å². The standard InChI is InChI=1S/C13H15ClO/c1-3-4-5-6-13(15)12-9-11(14)8-7-10(12)2/h7-9,13,15H,5-6H2,1-2H3. The summed E-state index contributed by atoms with van der Waals surface area (Å²) in [6, 6.07) is 5.58. The van der Waals surface area contributed by atoms with Gasteiger partial charge in [0, 0.05) is 11.4 Å². The first-order valence-corrected chi connectivity index (χ1v) is 5.36. The van der Waals surface area contributed by atoms with Gasteiger partial charge in [-0.25, -0.2) is 0 Å². The average molecular weight is 223 g/mol. The summed E-state index contributed by atoms with van der Waals surface area (Å²) >= 11 is 5.88. The molecule has 0 spiro atoms. The monoisotopic (exact) mass is 222 g/mol. The second-order valence-corrected chi connectivity index (χ2v) is 3.92. The molecule has 1 N–H and O–H groups in total. The second-order valence-electron chi connectivity index (χ2n) is 3.48. The van der Waals surface area contributed by atoms with Crippen LogP contribution in [0.25, 0.3) is 0 Å². The molecule has 1 nitrogen and oxygen atoms in total. The summed E-state index contributed by atoms with van der Waals surface area (Å²) in [5.41, 5.74) is 1.97. The molecule has 0 saturated carbocycles. The van der Waals surface area contributed by atoms with Crippen molar-refractivity contribution >= 4 is 11.6 Å². The van der Waals surface area contributed by atoms with Crippen molar-refractivity contribution in [3.05, 3.63) is 34.3 Å². The van der Waals surface area contributed by atoms with Crippen LogP contribution in [0.2, 0.25) is 5.02 Å². The van der Waals surface area contributed by atoms with Gasteiger partial charge in [-0.3, -0.25) is 0 Å². The minimum Gasteiger partial charge on any atom is -0.388 e. The summed E-state index contributed by atoms with van der Waals surface area (Å²) in [6.45, 7) is 3.78. The Kier molecular flexibility index (Phi) is 4.68. The zero-order valence-electron chi connectivity index (χ0n) is 9.05. The van der Waals surface area contributed by atoms with E-state index < -0.39 is 6.10 Å². The maximum Gasteiger partial charge on any atom is 0.0802 e. The van der Waals surface area contributed by atoms with Crippen LogP contribution >= 0.6 is 11.6 Å². The number of aliphatic hydroxyl groups is 1. The number of hydrogen-bond donors (Lipinski definition) is 1. The minimum atomic E-state index is -0.468. The highest BCUT2D eigenvalue weighted by Crippen LogP contribution is 2.24. The van der Waals surface area contributed by atoms with Crippen LogP contribution in [-0.2, 0) is 0 Å². The SMILES string of the molecule is CC#CCCC(O)c1cc(Cl)ccc1C. The van der Waals surface area contributed by atoms with Crippen molar-refractivity contribution in [2.45, 2.75) is 32.8 Å². The van der Waals surface area contributed by atoms with Crippen LogP contribution in [0.4, 0.5) is 0 Å². The predicted molar refractivity (Wildman–Crippen MR) is 63.8 cm³/mol. The first-order valence-electron chi connectivity index (χ1n) is 4.99. The lowest BCUT2D eigenvalue weighted by Gasteiger charge is -2.12. The molecule has 15 heavy (non-hydrogen) atoms. The fraction of sp³-hybridized carbons (Fsp3) is 0.385. The van der Waals surface area contributed by atoms with Gasteiger partial charge in [-0.2, -0.15) is 0 Å². The van der Waals surface area contributed by atoms with Crippen molar-refractivity contribution in [3.8, 4) is 11.8 Å². The Hall–Kier alpha value is -0.970. The summed E-state index contributed by atoms with van der Waals surface area (Å²) in [4.78, 5) is 0. The quantitative estimate of drug-likeness (QED) is 0.777. The Balaban J connectivity index is 2.74. The van der Waals surface area contributed by atoms with Crippen LogP contribution in [0.1, 0.15) is 37.0 Å². The highest BCUT2D eigenvalue weighted by Gasteiger charge is 2.09. The van der Waals surface area contributed by atoms with Crippen LogP contribution < -0.4 is 0 Å². The molecule has 0 saturated heterocycles. The molecule has 0 fully saturated rings. The van der Waals surface area contributed by atoms with Crippen LogP contribution in [-0.4, -0.2) is 5.11 Å². The van der Waals surface area contributed by atoms with E-state index in [-0.39, 0.29) is 0 Å². The highest BCUT2D eigenvalue weighted by atomic mass is 35.5. The van der Waals surface area contributed by atoms with E-state index in [1.165, 1.54) is 0 Å². The maximum atomic E-state index is 9.93. The van der Waals surface area contributed by atoms with E-state index in [9.17, 15) is 5.11 Å². The molecule has 1 atom stereocenters. The van der Waals surface area contributed by atoms with Crippen LogP contribution in [0.15, 0.2) is 18.2 Å². The lowest BCUT2D eigenvalue weighted by molar-refractivity contribution is 0.169. The summed E-state index contributed by atoms with van der Waals surface area (Å²) in [7, 11) is 0. The molecule has 0 radical (unpaired) electrons. The molecule has 80 valence electrons. The zero-order chi connectivity index (χ0) is 11.3. The molecule has 1 rings (SSSR count). The van der Waals surface area contributed by atoms with Gasteiger partial charge in [0.15, 0.2) is 0 Å². The Morgan fingerprint density at radius 2 is 2.20 bits per heavy atom. The number of aryl methyl sites for hydroxylation is 1. The Labute approximate surface area is 96.1 Å². The zero-order valence-corrected chi connectivity index (χ0v) is 9.80. The number of aliphatic hydroxyl groups excluding tert-OH is 1. The van der Waals surface area contributed by atoms with Crippen molar-refractivity contribution in [1.29, 1.82) is 0 Å². The maximum absolute atomic E-state index is 9.93. The first kappa shape index (κ1) is 12.1. The molecule has 0 heterocycles. The minimum absolute atomic E-state index is 0.468. The van der Waals surface area contributed by atoms with Crippen molar-refractivity contribution in [3.63, 3.8) is 0 Å². The van der Waals surface area contributed by atoms with Crippen molar-refractivity contribution in [1.82, 2.24) is 0 Å². The van der Waals surface area contributed by atoms with E-state index in [1.807, 2.05) is 25.1 Å². The molecule has 0 aromatic heterocycles. The van der Waals surface area contributed by atoms with Gasteiger partial charge < -0.3 is 5.11 Å². The highest BCUT2D eigenvalue weighted by molar-refractivity contribution is 6.30. The van der Waals surface area contributed by atoms with Crippen LogP contribution in [0.5, 0.6) is 0 Å². The van der Waals surface area contributed by atoms with E-state index in [0.717, 1.165) is 11.1 Å². The number of halogens is 1. The molecule has 0 amide bonds. The summed E-state index contributed by atoms with van der Waals surface area (Å²) in [5.74, 6) is 5.75. The smallest absolute Gasteiger partial charge is 0.0802 e. The van der Waals surface area contributed by atoms with Crippen molar-refractivity contribution < 1.29 is 5.11 Å². The summed E-state index contributed by atoms with van der Waals surface area (Å²) in [5, 5.41) is 10.6. The first-order chi connectivity index (χ1) is 7.15. The molecular weight excluding hydrogens is 208 g/mol. The van der Waals surface area contributed by atoms with Gasteiger partial charge in [0.25, 0.3) is 0 Å². The molecule has 1 aromatic carbocycles. The van der Waals surface area contributed by atoms with Gasteiger partial charge >= 0.3 is 0 Å². The van der Waals surface area contributed by atoms with E-state index in [1.54, 1.807) is 6.92 Å². The van der Waals surface area contributed by atoms with Gasteiger partial charge in [-0.15, -0.1) is 11.8 Å². The molecule has 0 aliphatic rings. The van der Waals surface area contributed by atoms with Crippen molar-refractivity contribution in [2.75, 3.05) is 0 Å².